The summed E-state index contributed by atoms with van der Waals surface area (Å²) in [4.78, 5) is 12.7. The van der Waals surface area contributed by atoms with Crippen LogP contribution in [0.15, 0.2) is 29.2 Å². The Morgan fingerprint density at radius 2 is 1.80 bits per heavy atom. The highest BCUT2D eigenvalue weighted by Crippen LogP contribution is 2.44. The molecule has 1 aliphatic heterocycles. The van der Waals surface area contributed by atoms with E-state index in [2.05, 4.69) is 5.32 Å². The van der Waals surface area contributed by atoms with Crippen LogP contribution in [-0.4, -0.2) is 51.0 Å². The molecular formula is C18H24N2O4S. The smallest absolute Gasteiger partial charge is 0.251 e. The van der Waals surface area contributed by atoms with Gasteiger partial charge in [-0.1, -0.05) is 6.42 Å². The first kappa shape index (κ1) is 17.0. The van der Waals surface area contributed by atoms with Gasteiger partial charge in [-0.2, -0.15) is 4.31 Å². The standard InChI is InChI=1S/C18H24N2O4S/c21-18(19-17-12-13-1-2-15(17)11-13)14-3-5-16(6-4-14)25(22,23)20-7-9-24-10-8-20/h3-6,13,15,17H,1-2,7-12H2,(H,19,21)/t13-,15+,17-/m0/s1. The van der Waals surface area contributed by atoms with Gasteiger partial charge in [0.25, 0.3) is 5.91 Å². The third kappa shape index (κ3) is 3.32. The van der Waals surface area contributed by atoms with Crippen LogP contribution in [0.2, 0.25) is 0 Å². The van der Waals surface area contributed by atoms with Crippen LogP contribution in [0.3, 0.4) is 0 Å². The number of fused-ring (bicyclic) bond motifs is 2. The second kappa shape index (κ2) is 6.70. The number of rotatable bonds is 4. The average Bonchev–Trinajstić information content (AvgIpc) is 3.25. The van der Waals surface area contributed by atoms with Gasteiger partial charge in [-0.15, -0.1) is 0 Å². The monoisotopic (exact) mass is 364 g/mol. The Balaban J connectivity index is 1.43. The number of nitrogens with zero attached hydrogens (tertiary/aromatic N) is 1. The van der Waals surface area contributed by atoms with Gasteiger partial charge in [-0.3, -0.25) is 4.79 Å². The van der Waals surface area contributed by atoms with Crippen LogP contribution in [0.5, 0.6) is 0 Å². The molecule has 2 saturated carbocycles. The summed E-state index contributed by atoms with van der Waals surface area (Å²) in [5, 5.41) is 3.13. The summed E-state index contributed by atoms with van der Waals surface area (Å²) >= 11 is 0. The van der Waals surface area contributed by atoms with E-state index < -0.39 is 10.0 Å². The molecule has 1 amide bonds. The predicted octanol–water partition coefficient (Wildman–Crippen LogP) is 1.63. The van der Waals surface area contributed by atoms with E-state index >= 15 is 0 Å². The van der Waals surface area contributed by atoms with E-state index in [0.717, 1.165) is 12.3 Å². The van der Waals surface area contributed by atoms with Crippen molar-refractivity contribution < 1.29 is 17.9 Å². The van der Waals surface area contributed by atoms with Crippen molar-refractivity contribution >= 4 is 15.9 Å². The fourth-order valence-electron chi connectivity index (χ4n) is 4.39. The van der Waals surface area contributed by atoms with E-state index in [1.807, 2.05) is 0 Å². The molecular weight excluding hydrogens is 340 g/mol. The number of carbonyl (C=O) groups is 1. The predicted molar refractivity (Wildman–Crippen MR) is 92.7 cm³/mol. The molecule has 2 aliphatic carbocycles. The molecule has 2 bridgehead atoms. The Morgan fingerprint density at radius 1 is 1.08 bits per heavy atom. The van der Waals surface area contributed by atoms with Crippen LogP contribution >= 0.6 is 0 Å². The van der Waals surface area contributed by atoms with Crippen molar-refractivity contribution in [3.63, 3.8) is 0 Å². The molecule has 3 fully saturated rings. The van der Waals surface area contributed by atoms with Crippen LogP contribution in [-0.2, 0) is 14.8 Å². The molecule has 3 atom stereocenters. The zero-order chi connectivity index (χ0) is 17.4. The quantitative estimate of drug-likeness (QED) is 0.881. The maximum absolute atomic E-state index is 12.6. The van der Waals surface area contributed by atoms with Crippen molar-refractivity contribution in [2.75, 3.05) is 26.3 Å². The van der Waals surface area contributed by atoms with Crippen molar-refractivity contribution in [1.29, 1.82) is 0 Å². The zero-order valence-corrected chi connectivity index (χ0v) is 15.0. The molecule has 25 heavy (non-hydrogen) atoms. The van der Waals surface area contributed by atoms with E-state index in [9.17, 15) is 13.2 Å². The van der Waals surface area contributed by atoms with Crippen molar-refractivity contribution in [3.8, 4) is 0 Å². The Kier molecular flexibility index (Phi) is 4.56. The van der Waals surface area contributed by atoms with Crippen LogP contribution in [0.25, 0.3) is 0 Å². The Bertz CT molecular complexity index is 741. The highest BCUT2D eigenvalue weighted by atomic mass is 32.2. The lowest BCUT2D eigenvalue weighted by atomic mass is 9.95. The topological polar surface area (TPSA) is 75.7 Å². The maximum Gasteiger partial charge on any atom is 0.251 e. The molecule has 3 aliphatic rings. The first-order valence-corrected chi connectivity index (χ1v) is 10.5. The lowest BCUT2D eigenvalue weighted by Crippen LogP contribution is -2.40. The largest absolute Gasteiger partial charge is 0.379 e. The number of sulfonamides is 1. The highest BCUT2D eigenvalue weighted by molar-refractivity contribution is 7.89. The molecule has 0 spiro atoms. The molecule has 1 aromatic carbocycles. The van der Waals surface area contributed by atoms with Gasteiger partial charge in [0.15, 0.2) is 0 Å². The molecule has 1 N–H and O–H groups in total. The second-order valence-corrected chi connectivity index (χ2v) is 9.23. The van der Waals surface area contributed by atoms with Gasteiger partial charge in [0.05, 0.1) is 18.1 Å². The van der Waals surface area contributed by atoms with Gasteiger partial charge in [-0.25, -0.2) is 8.42 Å². The first-order chi connectivity index (χ1) is 12.0. The van der Waals surface area contributed by atoms with Crippen molar-refractivity contribution in [1.82, 2.24) is 9.62 Å². The number of carbonyl (C=O) groups excluding carboxylic acids is 1. The van der Waals surface area contributed by atoms with Crippen LogP contribution < -0.4 is 5.32 Å². The molecule has 4 rings (SSSR count). The lowest BCUT2D eigenvalue weighted by Gasteiger charge is -2.26. The first-order valence-electron chi connectivity index (χ1n) is 9.03. The molecule has 0 aromatic heterocycles. The van der Waals surface area contributed by atoms with Crippen LogP contribution in [0.4, 0.5) is 0 Å². The van der Waals surface area contributed by atoms with Crippen molar-refractivity contribution in [2.45, 2.75) is 36.6 Å². The minimum absolute atomic E-state index is 0.104. The number of ether oxygens (including phenoxy) is 1. The molecule has 6 nitrogen and oxygen atoms in total. The van der Waals surface area contributed by atoms with Crippen LogP contribution in [0.1, 0.15) is 36.0 Å². The van der Waals surface area contributed by atoms with Gasteiger partial charge < -0.3 is 10.1 Å². The van der Waals surface area contributed by atoms with Crippen molar-refractivity contribution in [3.05, 3.63) is 29.8 Å². The molecule has 7 heteroatoms. The Hall–Kier alpha value is -1.44. The molecule has 0 unspecified atom stereocenters. The number of morpholine rings is 1. The lowest BCUT2D eigenvalue weighted by molar-refractivity contribution is 0.0730. The van der Waals surface area contributed by atoms with Gasteiger partial charge >= 0.3 is 0 Å². The highest BCUT2D eigenvalue weighted by Gasteiger charge is 2.40. The van der Waals surface area contributed by atoms with Gasteiger partial charge in [0.2, 0.25) is 10.0 Å². The van der Waals surface area contributed by atoms with E-state index in [4.69, 9.17) is 4.74 Å². The van der Waals surface area contributed by atoms with Gasteiger partial charge in [0.1, 0.15) is 0 Å². The Labute approximate surface area is 148 Å². The minimum Gasteiger partial charge on any atom is -0.379 e. The van der Waals surface area contributed by atoms with Crippen LogP contribution in [0, 0.1) is 11.8 Å². The van der Waals surface area contributed by atoms with Crippen molar-refractivity contribution in [2.24, 2.45) is 11.8 Å². The zero-order valence-electron chi connectivity index (χ0n) is 14.2. The minimum atomic E-state index is -3.51. The second-order valence-electron chi connectivity index (χ2n) is 7.30. The van der Waals surface area contributed by atoms with E-state index in [1.165, 1.54) is 35.7 Å². The van der Waals surface area contributed by atoms with Gasteiger partial charge in [-0.05, 0) is 55.4 Å². The summed E-state index contributed by atoms with van der Waals surface area (Å²) in [5.41, 5.74) is 0.517. The number of hydrogen-bond acceptors (Lipinski definition) is 4. The van der Waals surface area contributed by atoms with E-state index in [0.29, 0.717) is 37.8 Å². The number of amides is 1. The number of nitrogens with one attached hydrogen (secondary N) is 1. The van der Waals surface area contributed by atoms with Gasteiger partial charge in [0, 0.05) is 24.7 Å². The molecule has 0 radical (unpaired) electrons. The number of hydrogen-bond donors (Lipinski definition) is 1. The summed E-state index contributed by atoms with van der Waals surface area (Å²) in [5.74, 6) is 1.29. The van der Waals surface area contributed by atoms with E-state index in [-0.39, 0.29) is 16.8 Å². The molecule has 1 heterocycles. The summed E-state index contributed by atoms with van der Waals surface area (Å²) < 4.78 is 31.8. The maximum atomic E-state index is 12.6. The van der Waals surface area contributed by atoms with E-state index in [1.54, 1.807) is 12.1 Å². The summed E-state index contributed by atoms with van der Waals surface area (Å²) in [6.07, 6.45) is 4.83. The fraction of sp³-hybridized carbons (Fsp3) is 0.611. The fourth-order valence-corrected chi connectivity index (χ4v) is 5.80. The SMILES string of the molecule is O=C(N[C@H]1C[C@H]2CC[C@@H]1C2)c1ccc(S(=O)(=O)N2CCOCC2)cc1. The molecule has 1 aromatic rings. The normalized spacial score (nSPS) is 29.7. The summed E-state index contributed by atoms with van der Waals surface area (Å²) in [6, 6.07) is 6.55. The summed E-state index contributed by atoms with van der Waals surface area (Å²) in [6.45, 7) is 1.58. The summed E-state index contributed by atoms with van der Waals surface area (Å²) in [7, 11) is -3.51. The number of benzene rings is 1. The average molecular weight is 364 g/mol. The third-order valence-electron chi connectivity index (χ3n) is 5.78. The third-order valence-corrected chi connectivity index (χ3v) is 7.69. The molecule has 136 valence electrons. The Morgan fingerprint density at radius 3 is 2.40 bits per heavy atom. The molecule has 1 saturated heterocycles.